The second kappa shape index (κ2) is 11.0. The molecule has 3 N–H and O–H groups in total. The molecular formula is C27H23N3O2S2. The molecule has 0 saturated heterocycles. The van der Waals surface area contributed by atoms with Gasteiger partial charge in [0.1, 0.15) is 0 Å². The fourth-order valence-electron chi connectivity index (χ4n) is 3.36. The van der Waals surface area contributed by atoms with Gasteiger partial charge in [-0.25, -0.2) is 0 Å². The zero-order chi connectivity index (χ0) is 23.9. The molecule has 4 aromatic carbocycles. The zero-order valence-electron chi connectivity index (χ0n) is 18.5. The first-order chi connectivity index (χ1) is 16.5. The highest BCUT2D eigenvalue weighted by Gasteiger charge is 2.07. The van der Waals surface area contributed by atoms with Crippen LogP contribution in [0.2, 0.25) is 0 Å². The molecular weight excluding hydrogens is 462 g/mol. The van der Waals surface area contributed by atoms with Crippen molar-refractivity contribution >= 4 is 68.6 Å². The van der Waals surface area contributed by atoms with Gasteiger partial charge in [-0.1, -0.05) is 36.4 Å². The highest BCUT2D eigenvalue weighted by molar-refractivity contribution is 8.00. The molecule has 5 nitrogen and oxygen atoms in total. The quantitative estimate of drug-likeness (QED) is 0.156. The van der Waals surface area contributed by atoms with Crippen molar-refractivity contribution in [3.63, 3.8) is 0 Å². The third-order valence-corrected chi connectivity index (χ3v) is 6.24. The third-order valence-electron chi connectivity index (χ3n) is 5.04. The van der Waals surface area contributed by atoms with E-state index in [9.17, 15) is 9.59 Å². The number of carbonyl (C=O) groups excluding carboxylic acids is 2. The Labute approximate surface area is 208 Å². The standard InChI is InChI=1S/C27H23N3O2S2/c1-18(31)19-9-12-22(13-10-19)29-27(33)30-23-7-4-8-25(16-23)34-17-26(32)28-24-14-11-20-5-2-3-6-21(20)15-24/h2-16H,17H2,1H3,(H,28,32)(H2,29,30,33). The average Bonchev–Trinajstić information content (AvgIpc) is 2.83. The Morgan fingerprint density at radius 2 is 1.41 bits per heavy atom. The summed E-state index contributed by atoms with van der Waals surface area (Å²) in [6.07, 6.45) is 0. The van der Waals surface area contributed by atoms with Crippen LogP contribution >= 0.6 is 24.0 Å². The number of hydrogen-bond donors (Lipinski definition) is 3. The topological polar surface area (TPSA) is 70.2 Å². The van der Waals surface area contributed by atoms with Crippen LogP contribution in [-0.2, 0) is 4.79 Å². The summed E-state index contributed by atoms with van der Waals surface area (Å²) in [7, 11) is 0. The molecule has 0 unspecified atom stereocenters. The van der Waals surface area contributed by atoms with Crippen LogP contribution < -0.4 is 16.0 Å². The molecule has 0 bridgehead atoms. The molecule has 0 saturated carbocycles. The maximum atomic E-state index is 12.5. The van der Waals surface area contributed by atoms with E-state index in [1.165, 1.54) is 18.7 Å². The summed E-state index contributed by atoms with van der Waals surface area (Å²) in [5, 5.41) is 11.9. The van der Waals surface area contributed by atoms with Crippen LogP contribution in [-0.4, -0.2) is 22.6 Å². The highest BCUT2D eigenvalue weighted by atomic mass is 32.2. The van der Waals surface area contributed by atoms with Gasteiger partial charge in [0, 0.05) is 27.5 Å². The van der Waals surface area contributed by atoms with Crippen molar-refractivity contribution in [1.29, 1.82) is 0 Å². The van der Waals surface area contributed by atoms with Crippen molar-refractivity contribution in [3.8, 4) is 0 Å². The van der Waals surface area contributed by atoms with E-state index in [0.717, 1.165) is 32.7 Å². The van der Waals surface area contributed by atoms with Gasteiger partial charge in [0.15, 0.2) is 10.9 Å². The van der Waals surface area contributed by atoms with Crippen LogP contribution in [0.1, 0.15) is 17.3 Å². The largest absolute Gasteiger partial charge is 0.332 e. The lowest BCUT2D eigenvalue weighted by molar-refractivity contribution is -0.113. The molecule has 0 fully saturated rings. The fourth-order valence-corrected chi connectivity index (χ4v) is 4.35. The lowest BCUT2D eigenvalue weighted by atomic mass is 10.1. The van der Waals surface area contributed by atoms with E-state index in [-0.39, 0.29) is 11.7 Å². The van der Waals surface area contributed by atoms with E-state index in [4.69, 9.17) is 12.2 Å². The van der Waals surface area contributed by atoms with E-state index in [1.54, 1.807) is 12.1 Å². The molecule has 7 heteroatoms. The molecule has 0 spiro atoms. The van der Waals surface area contributed by atoms with Crippen LogP contribution in [0.15, 0.2) is 95.9 Å². The monoisotopic (exact) mass is 485 g/mol. The Bertz CT molecular complexity index is 1350. The van der Waals surface area contributed by atoms with Gasteiger partial charge < -0.3 is 16.0 Å². The summed E-state index contributed by atoms with van der Waals surface area (Å²) in [6.45, 7) is 1.53. The Hall–Kier alpha value is -3.68. The van der Waals surface area contributed by atoms with Gasteiger partial charge in [-0.05, 0) is 84.5 Å². The summed E-state index contributed by atoms with van der Waals surface area (Å²) in [5.74, 6) is 0.249. The summed E-state index contributed by atoms with van der Waals surface area (Å²) < 4.78 is 0. The molecule has 4 rings (SSSR count). The molecule has 34 heavy (non-hydrogen) atoms. The molecule has 0 radical (unpaired) electrons. The van der Waals surface area contributed by atoms with Gasteiger partial charge in [-0.2, -0.15) is 0 Å². The number of thioether (sulfide) groups is 1. The van der Waals surface area contributed by atoms with Crippen molar-refractivity contribution in [1.82, 2.24) is 0 Å². The van der Waals surface area contributed by atoms with Gasteiger partial charge in [0.25, 0.3) is 0 Å². The first-order valence-corrected chi connectivity index (χ1v) is 12.1. The second-order valence-electron chi connectivity index (χ2n) is 7.64. The van der Waals surface area contributed by atoms with Gasteiger partial charge in [0.2, 0.25) is 5.91 Å². The van der Waals surface area contributed by atoms with E-state index in [1.807, 2.05) is 78.9 Å². The lowest BCUT2D eigenvalue weighted by Crippen LogP contribution is -2.19. The molecule has 0 heterocycles. The minimum absolute atomic E-state index is 0.0208. The zero-order valence-corrected chi connectivity index (χ0v) is 20.1. The highest BCUT2D eigenvalue weighted by Crippen LogP contribution is 2.23. The number of Topliss-reactive ketones (excluding diaryl/α,β-unsaturated/α-hetero) is 1. The Morgan fingerprint density at radius 3 is 2.18 bits per heavy atom. The summed E-state index contributed by atoms with van der Waals surface area (Å²) in [6, 6.07) is 28.8. The first kappa shape index (κ1) is 23.5. The summed E-state index contributed by atoms with van der Waals surface area (Å²) in [4.78, 5) is 24.8. The minimum atomic E-state index is -0.0650. The van der Waals surface area contributed by atoms with Gasteiger partial charge in [-0.3, -0.25) is 9.59 Å². The third kappa shape index (κ3) is 6.43. The number of rotatable bonds is 7. The number of benzene rings is 4. The number of fused-ring (bicyclic) bond motifs is 1. The van der Waals surface area contributed by atoms with Crippen LogP contribution in [0, 0.1) is 0 Å². The summed E-state index contributed by atoms with van der Waals surface area (Å²) >= 11 is 6.85. The van der Waals surface area contributed by atoms with Crippen LogP contribution in [0.4, 0.5) is 17.1 Å². The molecule has 4 aromatic rings. The molecule has 170 valence electrons. The molecule has 0 aliphatic heterocycles. The van der Waals surface area contributed by atoms with Gasteiger partial charge in [-0.15, -0.1) is 11.8 Å². The smallest absolute Gasteiger partial charge is 0.234 e. The molecule has 0 atom stereocenters. The van der Waals surface area contributed by atoms with Crippen molar-refractivity contribution in [2.75, 3.05) is 21.7 Å². The normalized spacial score (nSPS) is 10.5. The van der Waals surface area contributed by atoms with Crippen molar-refractivity contribution < 1.29 is 9.59 Å². The Kier molecular flexibility index (Phi) is 7.57. The SMILES string of the molecule is CC(=O)c1ccc(NC(=S)Nc2cccc(SCC(=O)Nc3ccc4ccccc4c3)c2)cc1. The fraction of sp³-hybridized carbons (Fsp3) is 0.0741. The van der Waals surface area contributed by atoms with E-state index >= 15 is 0 Å². The first-order valence-electron chi connectivity index (χ1n) is 10.7. The number of amides is 1. The molecule has 0 aliphatic carbocycles. The second-order valence-corrected chi connectivity index (χ2v) is 9.10. The number of hydrogen-bond acceptors (Lipinski definition) is 4. The van der Waals surface area contributed by atoms with E-state index < -0.39 is 0 Å². The van der Waals surface area contributed by atoms with Crippen molar-refractivity contribution in [2.24, 2.45) is 0 Å². The van der Waals surface area contributed by atoms with Crippen molar-refractivity contribution in [2.45, 2.75) is 11.8 Å². The molecule has 0 aromatic heterocycles. The van der Waals surface area contributed by atoms with Crippen LogP contribution in [0.3, 0.4) is 0 Å². The summed E-state index contributed by atoms with van der Waals surface area (Å²) in [5.41, 5.74) is 3.04. The maximum Gasteiger partial charge on any atom is 0.234 e. The number of carbonyl (C=O) groups is 2. The number of nitrogens with one attached hydrogen (secondary N) is 3. The molecule has 1 amide bonds. The van der Waals surface area contributed by atoms with E-state index in [0.29, 0.717) is 16.4 Å². The Morgan fingerprint density at radius 1 is 0.735 bits per heavy atom. The van der Waals surface area contributed by atoms with Crippen LogP contribution in [0.5, 0.6) is 0 Å². The van der Waals surface area contributed by atoms with E-state index in [2.05, 4.69) is 16.0 Å². The predicted molar refractivity (Wildman–Crippen MR) is 146 cm³/mol. The number of anilines is 3. The number of thiocarbonyl (C=S) groups is 1. The van der Waals surface area contributed by atoms with Gasteiger partial charge >= 0.3 is 0 Å². The minimum Gasteiger partial charge on any atom is -0.332 e. The van der Waals surface area contributed by atoms with Gasteiger partial charge in [0.05, 0.1) is 5.75 Å². The van der Waals surface area contributed by atoms with Crippen LogP contribution in [0.25, 0.3) is 10.8 Å². The van der Waals surface area contributed by atoms with Crippen molar-refractivity contribution in [3.05, 3.63) is 96.6 Å². The Balaban J connectivity index is 1.29. The maximum absolute atomic E-state index is 12.5. The predicted octanol–water partition coefficient (Wildman–Crippen LogP) is 6.58. The number of ketones is 1. The lowest BCUT2D eigenvalue weighted by Gasteiger charge is -2.12. The average molecular weight is 486 g/mol. The molecule has 0 aliphatic rings.